The monoisotopic (exact) mass is 248 g/mol. The molecule has 0 bridgehead atoms. The Morgan fingerprint density at radius 3 is 2.22 bits per heavy atom. The molecular weight excluding hydrogens is 228 g/mol. The zero-order chi connectivity index (χ0) is 13.0. The fourth-order valence-corrected chi connectivity index (χ4v) is 3.62. The normalized spacial score (nSPS) is 37.1. The van der Waals surface area contributed by atoms with E-state index in [1.54, 1.807) is 0 Å². The summed E-state index contributed by atoms with van der Waals surface area (Å²) in [4.78, 5) is 0. The Morgan fingerprint density at radius 1 is 1.11 bits per heavy atom. The van der Waals surface area contributed by atoms with Crippen LogP contribution in [0.2, 0.25) is 0 Å². The van der Waals surface area contributed by atoms with Crippen molar-refractivity contribution in [2.24, 2.45) is 0 Å². The van der Waals surface area contributed by atoms with Gasteiger partial charge in [0.15, 0.2) is 11.4 Å². The molecular formula is C15H20O3. The minimum atomic E-state index is -1.07. The molecule has 2 unspecified atom stereocenters. The first-order valence-corrected chi connectivity index (χ1v) is 6.60. The Bertz CT molecular complexity index is 478. The van der Waals surface area contributed by atoms with Gasteiger partial charge in [0.25, 0.3) is 0 Å². The number of rotatable bonds is 2. The average Bonchev–Trinajstić information content (AvgIpc) is 2.85. The maximum atomic E-state index is 11.3. The minimum absolute atomic E-state index is 0.317. The van der Waals surface area contributed by atoms with E-state index in [2.05, 4.69) is 19.9 Å². The third-order valence-corrected chi connectivity index (χ3v) is 4.91. The number of hydrogen-bond acceptors (Lipinski definition) is 3. The lowest BCUT2D eigenvalue weighted by molar-refractivity contribution is -0.302. The molecule has 0 aromatic heterocycles. The summed E-state index contributed by atoms with van der Waals surface area (Å²) < 4.78 is 11.5. The Balaban J connectivity index is 2.17. The van der Waals surface area contributed by atoms with Crippen molar-refractivity contribution in [3.8, 4) is 0 Å². The Labute approximate surface area is 108 Å². The molecule has 3 heteroatoms. The van der Waals surface area contributed by atoms with Gasteiger partial charge in [-0.15, -0.1) is 0 Å². The molecule has 1 N–H and O–H groups in total. The van der Waals surface area contributed by atoms with Crippen LogP contribution in [-0.4, -0.2) is 24.1 Å². The predicted octanol–water partition coefficient (Wildman–Crippen LogP) is 2.32. The highest BCUT2D eigenvalue weighted by atomic mass is 16.7. The van der Waals surface area contributed by atoms with Gasteiger partial charge in [-0.2, -0.15) is 0 Å². The van der Waals surface area contributed by atoms with Crippen LogP contribution in [-0.2, 0) is 20.5 Å². The first kappa shape index (κ1) is 12.2. The van der Waals surface area contributed by atoms with Crippen LogP contribution in [0.5, 0.6) is 0 Å². The van der Waals surface area contributed by atoms with Gasteiger partial charge in [-0.1, -0.05) is 38.1 Å². The molecule has 1 aliphatic heterocycles. The molecule has 18 heavy (non-hydrogen) atoms. The molecule has 1 aromatic rings. The fourth-order valence-electron chi connectivity index (χ4n) is 3.62. The predicted molar refractivity (Wildman–Crippen MR) is 68.3 cm³/mol. The third kappa shape index (κ3) is 1.11. The summed E-state index contributed by atoms with van der Waals surface area (Å²) >= 11 is 0. The second-order valence-electron chi connectivity index (χ2n) is 5.58. The second kappa shape index (κ2) is 3.56. The highest BCUT2D eigenvalue weighted by Crippen LogP contribution is 2.62. The van der Waals surface area contributed by atoms with Gasteiger partial charge in [0.2, 0.25) is 0 Å². The van der Waals surface area contributed by atoms with Crippen LogP contribution >= 0.6 is 0 Å². The molecule has 2 atom stereocenters. The zero-order valence-corrected chi connectivity index (χ0v) is 11.2. The summed E-state index contributed by atoms with van der Waals surface area (Å²) in [7, 11) is 0. The molecule has 3 nitrogen and oxygen atoms in total. The van der Waals surface area contributed by atoms with Crippen LogP contribution in [0.3, 0.4) is 0 Å². The van der Waals surface area contributed by atoms with E-state index in [0.717, 1.165) is 12.0 Å². The fraction of sp³-hybridized carbons (Fsp3) is 0.600. The van der Waals surface area contributed by atoms with Crippen LogP contribution < -0.4 is 0 Å². The minimum Gasteiger partial charge on any atom is -0.379 e. The van der Waals surface area contributed by atoms with Crippen LogP contribution in [0, 0.1) is 0 Å². The first-order chi connectivity index (χ1) is 8.49. The SMILES string of the molecule is CCC1(C)c2ccccc2C1(O)C1(C)OCCO1. The topological polar surface area (TPSA) is 38.7 Å². The maximum absolute atomic E-state index is 11.3. The summed E-state index contributed by atoms with van der Waals surface area (Å²) in [6.45, 7) is 7.12. The summed E-state index contributed by atoms with van der Waals surface area (Å²) in [5, 5.41) is 11.3. The van der Waals surface area contributed by atoms with Gasteiger partial charge in [-0.3, -0.25) is 0 Å². The molecule has 1 aliphatic carbocycles. The van der Waals surface area contributed by atoms with Crippen LogP contribution in [0.1, 0.15) is 38.3 Å². The van der Waals surface area contributed by atoms with E-state index < -0.39 is 11.4 Å². The van der Waals surface area contributed by atoms with Crippen molar-refractivity contribution < 1.29 is 14.6 Å². The van der Waals surface area contributed by atoms with Gasteiger partial charge in [0.1, 0.15) is 0 Å². The molecule has 1 heterocycles. The lowest BCUT2D eigenvalue weighted by Gasteiger charge is -2.60. The highest BCUT2D eigenvalue weighted by Gasteiger charge is 2.69. The lowest BCUT2D eigenvalue weighted by atomic mass is 9.50. The third-order valence-electron chi connectivity index (χ3n) is 4.91. The molecule has 0 saturated carbocycles. The molecule has 1 fully saturated rings. The van der Waals surface area contributed by atoms with Gasteiger partial charge in [0, 0.05) is 5.41 Å². The average molecular weight is 248 g/mol. The molecule has 98 valence electrons. The van der Waals surface area contributed by atoms with Gasteiger partial charge in [0.05, 0.1) is 13.2 Å². The van der Waals surface area contributed by atoms with Crippen LogP contribution in [0.4, 0.5) is 0 Å². The summed E-state index contributed by atoms with van der Waals surface area (Å²) in [5.41, 5.74) is 0.763. The number of aliphatic hydroxyl groups is 1. The molecule has 2 aliphatic rings. The smallest absolute Gasteiger partial charge is 0.199 e. The van der Waals surface area contributed by atoms with Gasteiger partial charge in [-0.05, 0) is 24.5 Å². The van der Waals surface area contributed by atoms with E-state index in [9.17, 15) is 5.11 Å². The first-order valence-electron chi connectivity index (χ1n) is 6.60. The summed E-state index contributed by atoms with van der Waals surface area (Å²) in [6.07, 6.45) is 0.850. The molecule has 1 saturated heterocycles. The van der Waals surface area contributed by atoms with E-state index >= 15 is 0 Å². The molecule has 0 radical (unpaired) electrons. The van der Waals surface area contributed by atoms with E-state index in [-0.39, 0.29) is 5.41 Å². The van der Waals surface area contributed by atoms with Crippen molar-refractivity contribution in [3.63, 3.8) is 0 Å². The van der Waals surface area contributed by atoms with E-state index in [1.165, 1.54) is 5.56 Å². The van der Waals surface area contributed by atoms with Crippen molar-refractivity contribution in [3.05, 3.63) is 35.4 Å². The zero-order valence-electron chi connectivity index (χ0n) is 11.2. The second-order valence-corrected chi connectivity index (χ2v) is 5.58. The van der Waals surface area contributed by atoms with Crippen molar-refractivity contribution in [2.45, 2.75) is 44.0 Å². The Hall–Kier alpha value is -0.900. The summed E-state index contributed by atoms with van der Waals surface area (Å²) in [5.74, 6) is -0.938. The molecule has 0 spiro atoms. The van der Waals surface area contributed by atoms with Crippen molar-refractivity contribution in [1.82, 2.24) is 0 Å². The van der Waals surface area contributed by atoms with Gasteiger partial charge >= 0.3 is 0 Å². The van der Waals surface area contributed by atoms with E-state index in [1.807, 2.05) is 25.1 Å². The van der Waals surface area contributed by atoms with E-state index in [0.29, 0.717) is 13.2 Å². The van der Waals surface area contributed by atoms with Gasteiger partial charge < -0.3 is 14.6 Å². The maximum Gasteiger partial charge on any atom is 0.199 e. The standard InChI is InChI=1S/C15H20O3/c1-4-13(2)11-7-5-6-8-12(11)15(13,16)14(3)17-9-10-18-14/h5-8,16H,4,9-10H2,1-3H3. The number of fused-ring (bicyclic) bond motifs is 1. The lowest BCUT2D eigenvalue weighted by Crippen LogP contribution is -2.68. The summed E-state index contributed by atoms with van der Waals surface area (Å²) in [6, 6.07) is 8.04. The molecule has 3 rings (SSSR count). The Morgan fingerprint density at radius 2 is 1.67 bits per heavy atom. The number of ether oxygens (including phenoxy) is 2. The molecule has 0 amide bonds. The number of hydrogen-bond donors (Lipinski definition) is 1. The van der Waals surface area contributed by atoms with E-state index in [4.69, 9.17) is 9.47 Å². The largest absolute Gasteiger partial charge is 0.379 e. The van der Waals surface area contributed by atoms with Crippen LogP contribution in [0.15, 0.2) is 24.3 Å². The Kier molecular flexibility index (Phi) is 2.40. The van der Waals surface area contributed by atoms with Crippen molar-refractivity contribution in [1.29, 1.82) is 0 Å². The van der Waals surface area contributed by atoms with Crippen molar-refractivity contribution >= 4 is 0 Å². The molecule has 1 aromatic carbocycles. The quantitative estimate of drug-likeness (QED) is 0.873. The van der Waals surface area contributed by atoms with Crippen LogP contribution in [0.25, 0.3) is 0 Å². The number of benzene rings is 1. The van der Waals surface area contributed by atoms with Gasteiger partial charge in [-0.25, -0.2) is 0 Å². The highest BCUT2D eigenvalue weighted by molar-refractivity contribution is 5.54. The van der Waals surface area contributed by atoms with Crippen molar-refractivity contribution in [2.75, 3.05) is 13.2 Å².